The first kappa shape index (κ1) is 12.0. The van der Waals surface area contributed by atoms with Gasteiger partial charge in [-0.05, 0) is 26.0 Å². The molecule has 2 aliphatic rings. The molecule has 0 N–H and O–H groups in total. The topological polar surface area (TPSA) is 15.7 Å². The zero-order chi connectivity index (χ0) is 12.4. The van der Waals surface area contributed by atoms with Crippen molar-refractivity contribution >= 4 is 0 Å². The van der Waals surface area contributed by atoms with Crippen molar-refractivity contribution in [2.24, 2.45) is 0 Å². The summed E-state index contributed by atoms with van der Waals surface area (Å²) >= 11 is 0. The summed E-state index contributed by atoms with van der Waals surface area (Å²) in [6.07, 6.45) is 1.33. The summed E-state index contributed by atoms with van der Waals surface area (Å²) < 4.78 is 5.72. The van der Waals surface area contributed by atoms with E-state index < -0.39 is 0 Å². The molecule has 2 unspecified atom stereocenters. The van der Waals surface area contributed by atoms with Crippen molar-refractivity contribution in [2.75, 3.05) is 32.8 Å². The zero-order valence-electron chi connectivity index (χ0n) is 11.1. The molecule has 0 saturated carbocycles. The zero-order valence-corrected chi connectivity index (χ0v) is 11.1. The molecule has 3 rings (SSSR count). The molecule has 3 nitrogen and oxygen atoms in total. The van der Waals surface area contributed by atoms with Crippen molar-refractivity contribution in [3.05, 3.63) is 29.8 Å². The lowest BCUT2D eigenvalue weighted by molar-refractivity contribution is 0.127. The van der Waals surface area contributed by atoms with Gasteiger partial charge in [-0.25, -0.2) is 0 Å². The third-order valence-electron chi connectivity index (χ3n) is 4.11. The minimum atomic E-state index is 0.744. The van der Waals surface area contributed by atoms with Crippen molar-refractivity contribution in [3.8, 4) is 5.75 Å². The van der Waals surface area contributed by atoms with Crippen LogP contribution in [0.2, 0.25) is 0 Å². The minimum Gasteiger partial charge on any atom is -0.494 e. The van der Waals surface area contributed by atoms with Crippen LogP contribution in [0.15, 0.2) is 24.3 Å². The number of hydrogen-bond donors (Lipinski definition) is 0. The van der Waals surface area contributed by atoms with Crippen LogP contribution in [0.25, 0.3) is 0 Å². The van der Waals surface area contributed by atoms with Crippen LogP contribution in [0.1, 0.15) is 18.9 Å². The smallest absolute Gasteiger partial charge is 0.123 e. The normalized spacial score (nSPS) is 27.4. The highest BCUT2D eigenvalue weighted by atomic mass is 16.5. The van der Waals surface area contributed by atoms with Gasteiger partial charge < -0.3 is 9.64 Å². The minimum absolute atomic E-state index is 0.744. The van der Waals surface area contributed by atoms with E-state index in [9.17, 15) is 0 Å². The van der Waals surface area contributed by atoms with Crippen molar-refractivity contribution in [1.82, 2.24) is 9.80 Å². The molecule has 2 heterocycles. The van der Waals surface area contributed by atoms with Gasteiger partial charge in [0.25, 0.3) is 0 Å². The van der Waals surface area contributed by atoms with Gasteiger partial charge >= 0.3 is 0 Å². The first-order chi connectivity index (χ1) is 8.86. The van der Waals surface area contributed by atoms with Crippen molar-refractivity contribution in [2.45, 2.75) is 25.9 Å². The van der Waals surface area contributed by atoms with Crippen LogP contribution in [0.3, 0.4) is 0 Å². The number of fused-ring (bicyclic) bond motifs is 2. The van der Waals surface area contributed by atoms with Crippen LogP contribution in [0, 0.1) is 0 Å². The van der Waals surface area contributed by atoms with Crippen molar-refractivity contribution < 1.29 is 4.74 Å². The molecule has 1 aromatic rings. The highest BCUT2D eigenvalue weighted by Gasteiger charge is 2.32. The third-order valence-corrected chi connectivity index (χ3v) is 4.11. The van der Waals surface area contributed by atoms with Crippen LogP contribution < -0.4 is 4.74 Å². The van der Waals surface area contributed by atoms with Crippen LogP contribution in [-0.4, -0.2) is 48.6 Å². The maximum absolute atomic E-state index is 5.72. The summed E-state index contributed by atoms with van der Waals surface area (Å²) in [6.45, 7) is 8.80. The quantitative estimate of drug-likeness (QED) is 0.808. The Balaban J connectivity index is 1.72. The Labute approximate surface area is 109 Å². The molecular weight excluding hydrogens is 224 g/mol. The summed E-state index contributed by atoms with van der Waals surface area (Å²) in [7, 11) is 0. The number of rotatable bonds is 4. The second kappa shape index (κ2) is 5.29. The van der Waals surface area contributed by atoms with E-state index in [2.05, 4.69) is 34.1 Å². The van der Waals surface area contributed by atoms with Gasteiger partial charge in [-0.2, -0.15) is 0 Å². The number of para-hydroxylation sites is 1. The monoisotopic (exact) mass is 246 g/mol. The van der Waals surface area contributed by atoms with Gasteiger partial charge in [-0.15, -0.1) is 0 Å². The van der Waals surface area contributed by atoms with Crippen LogP contribution in [-0.2, 0) is 6.54 Å². The lowest BCUT2D eigenvalue weighted by atomic mass is 10.1. The molecule has 0 radical (unpaired) electrons. The van der Waals surface area contributed by atoms with E-state index >= 15 is 0 Å². The molecule has 0 aromatic heterocycles. The molecule has 0 amide bonds. The second-order valence-electron chi connectivity index (χ2n) is 5.25. The predicted octanol–water partition coefficient (Wildman–Crippen LogP) is 1.98. The van der Waals surface area contributed by atoms with Gasteiger partial charge in [0.15, 0.2) is 0 Å². The molecular formula is C15H22N2O. The lowest BCUT2D eigenvalue weighted by Gasteiger charge is -2.34. The Morgan fingerprint density at radius 2 is 2.11 bits per heavy atom. The van der Waals surface area contributed by atoms with Crippen LogP contribution >= 0.6 is 0 Å². The van der Waals surface area contributed by atoms with E-state index in [1.165, 1.54) is 38.2 Å². The maximum atomic E-state index is 5.72. The van der Waals surface area contributed by atoms with Gasteiger partial charge in [0, 0.05) is 37.8 Å². The molecule has 98 valence electrons. The Kier molecular flexibility index (Phi) is 3.52. The van der Waals surface area contributed by atoms with Gasteiger partial charge in [0.05, 0.1) is 6.61 Å². The molecule has 0 aliphatic carbocycles. The second-order valence-corrected chi connectivity index (χ2v) is 5.25. The van der Waals surface area contributed by atoms with Crippen molar-refractivity contribution in [3.63, 3.8) is 0 Å². The van der Waals surface area contributed by atoms with E-state index in [0.29, 0.717) is 0 Å². The number of nitrogens with zero attached hydrogens (tertiary/aromatic N) is 2. The summed E-state index contributed by atoms with van der Waals surface area (Å²) in [6, 6.07) is 9.22. The number of piperazine rings is 1. The first-order valence-electron chi connectivity index (χ1n) is 7.04. The average molecular weight is 246 g/mol. The van der Waals surface area contributed by atoms with Gasteiger partial charge in [-0.3, -0.25) is 4.90 Å². The molecule has 2 bridgehead atoms. The largest absolute Gasteiger partial charge is 0.494 e. The maximum Gasteiger partial charge on any atom is 0.123 e. The average Bonchev–Trinajstić information content (AvgIpc) is 2.78. The Bertz CT molecular complexity index is 407. The van der Waals surface area contributed by atoms with Gasteiger partial charge in [-0.1, -0.05) is 18.2 Å². The SMILES string of the molecule is CCOc1ccccc1CN1CCN2CCC1C2. The number of hydrogen-bond acceptors (Lipinski definition) is 3. The molecule has 2 aliphatic heterocycles. The molecule has 0 spiro atoms. The third kappa shape index (κ3) is 2.38. The molecule has 3 heteroatoms. The summed E-state index contributed by atoms with van der Waals surface area (Å²) in [4.78, 5) is 5.21. The van der Waals surface area contributed by atoms with E-state index in [1.54, 1.807) is 0 Å². The van der Waals surface area contributed by atoms with Crippen molar-refractivity contribution in [1.29, 1.82) is 0 Å². The van der Waals surface area contributed by atoms with Gasteiger partial charge in [0.2, 0.25) is 0 Å². The Morgan fingerprint density at radius 3 is 3.00 bits per heavy atom. The van der Waals surface area contributed by atoms with E-state index in [0.717, 1.165) is 24.9 Å². The Morgan fingerprint density at radius 1 is 1.22 bits per heavy atom. The fourth-order valence-corrected chi connectivity index (χ4v) is 3.12. The van der Waals surface area contributed by atoms with E-state index in [1.807, 2.05) is 6.92 Å². The molecule has 2 saturated heterocycles. The Hall–Kier alpha value is -1.06. The molecule has 1 aromatic carbocycles. The van der Waals surface area contributed by atoms with Crippen LogP contribution in [0.5, 0.6) is 5.75 Å². The summed E-state index contributed by atoms with van der Waals surface area (Å²) in [5.74, 6) is 1.06. The molecule has 2 fully saturated rings. The van der Waals surface area contributed by atoms with E-state index in [4.69, 9.17) is 4.74 Å². The fraction of sp³-hybridized carbons (Fsp3) is 0.600. The summed E-state index contributed by atoms with van der Waals surface area (Å²) in [5.41, 5.74) is 1.33. The van der Waals surface area contributed by atoms with Crippen LogP contribution in [0.4, 0.5) is 0 Å². The standard InChI is InChI=1S/C15H22N2O/c1-2-18-15-6-4-3-5-13(15)11-17-10-9-16-8-7-14(17)12-16/h3-6,14H,2,7-12H2,1H3. The molecule has 2 atom stereocenters. The predicted molar refractivity (Wildman–Crippen MR) is 72.9 cm³/mol. The fourth-order valence-electron chi connectivity index (χ4n) is 3.12. The summed E-state index contributed by atoms with van der Waals surface area (Å²) in [5, 5.41) is 0. The highest BCUT2D eigenvalue weighted by molar-refractivity contribution is 5.33. The highest BCUT2D eigenvalue weighted by Crippen LogP contribution is 2.25. The number of ether oxygens (including phenoxy) is 1. The molecule has 18 heavy (non-hydrogen) atoms. The van der Waals surface area contributed by atoms with E-state index in [-0.39, 0.29) is 0 Å². The first-order valence-corrected chi connectivity index (χ1v) is 7.04. The number of benzene rings is 1. The van der Waals surface area contributed by atoms with Gasteiger partial charge in [0.1, 0.15) is 5.75 Å². The lowest BCUT2D eigenvalue weighted by Crippen LogP contribution is -2.46.